The molecule has 2 heterocycles. The number of allylic oxidation sites excluding steroid dienone is 2. The van der Waals surface area contributed by atoms with Crippen LogP contribution < -0.4 is 4.74 Å². The summed E-state index contributed by atoms with van der Waals surface area (Å²) in [5, 5.41) is 0. The maximum atomic E-state index is 5.23. The molecule has 1 aromatic carbocycles. The minimum atomic E-state index is 0.623. The van der Waals surface area contributed by atoms with Crippen molar-refractivity contribution >= 4 is 0 Å². The number of ether oxygens (including phenoxy) is 1. The number of methoxy groups -OCH3 is 1. The van der Waals surface area contributed by atoms with E-state index >= 15 is 0 Å². The molecule has 148 valence electrons. The summed E-state index contributed by atoms with van der Waals surface area (Å²) in [5.74, 6) is 2.40. The van der Waals surface area contributed by atoms with E-state index in [4.69, 9.17) is 9.72 Å². The highest BCUT2D eigenvalue weighted by Gasteiger charge is 2.23. The van der Waals surface area contributed by atoms with Crippen molar-refractivity contribution < 1.29 is 4.74 Å². The van der Waals surface area contributed by atoms with Gasteiger partial charge in [-0.3, -0.25) is 4.98 Å². The molecule has 3 heteroatoms. The molecule has 0 spiro atoms. The van der Waals surface area contributed by atoms with Gasteiger partial charge in [-0.05, 0) is 86.9 Å². The fourth-order valence-electron chi connectivity index (χ4n) is 4.56. The zero-order chi connectivity index (χ0) is 19.2. The second-order valence-corrected chi connectivity index (χ2v) is 8.34. The van der Waals surface area contributed by atoms with Crippen LogP contribution in [-0.2, 0) is 6.42 Å². The number of rotatable bonds is 6. The van der Waals surface area contributed by atoms with Gasteiger partial charge in [-0.15, -0.1) is 0 Å². The van der Waals surface area contributed by atoms with Gasteiger partial charge in [0.25, 0.3) is 0 Å². The number of piperidine rings is 1. The van der Waals surface area contributed by atoms with Gasteiger partial charge in [0.2, 0.25) is 0 Å². The van der Waals surface area contributed by atoms with Gasteiger partial charge in [-0.25, -0.2) is 0 Å². The van der Waals surface area contributed by atoms with Crippen molar-refractivity contribution in [2.24, 2.45) is 5.92 Å². The van der Waals surface area contributed by atoms with Crippen LogP contribution in [0.15, 0.2) is 54.7 Å². The lowest BCUT2D eigenvalue weighted by Gasteiger charge is -2.34. The monoisotopic (exact) mass is 376 g/mol. The first kappa shape index (κ1) is 19.2. The Labute approximate surface area is 169 Å². The summed E-state index contributed by atoms with van der Waals surface area (Å²) in [5.41, 5.74) is 3.84. The predicted octanol–water partition coefficient (Wildman–Crippen LogP) is 5.22. The molecular formula is C25H32N2O. The summed E-state index contributed by atoms with van der Waals surface area (Å²) in [6.45, 7) is 3.73. The molecule has 0 N–H and O–H groups in total. The van der Waals surface area contributed by atoms with Gasteiger partial charge in [0.1, 0.15) is 5.75 Å². The lowest BCUT2D eigenvalue weighted by Crippen LogP contribution is -2.36. The summed E-state index contributed by atoms with van der Waals surface area (Å²) in [7, 11) is 1.70. The highest BCUT2D eigenvalue weighted by Crippen LogP contribution is 2.29. The van der Waals surface area contributed by atoms with Gasteiger partial charge in [-0.2, -0.15) is 0 Å². The number of aromatic nitrogens is 1. The molecule has 1 aliphatic heterocycles. The van der Waals surface area contributed by atoms with Crippen molar-refractivity contribution in [1.29, 1.82) is 0 Å². The summed E-state index contributed by atoms with van der Waals surface area (Å²) in [6, 6.07) is 12.8. The Balaban J connectivity index is 1.27. The Bertz CT molecular complexity index is 758. The zero-order valence-corrected chi connectivity index (χ0v) is 17.0. The Kier molecular flexibility index (Phi) is 6.43. The highest BCUT2D eigenvalue weighted by atomic mass is 16.5. The van der Waals surface area contributed by atoms with E-state index in [2.05, 4.69) is 47.5 Å². The lowest BCUT2D eigenvalue weighted by molar-refractivity contribution is 0.177. The van der Waals surface area contributed by atoms with Crippen molar-refractivity contribution in [3.05, 3.63) is 71.6 Å². The van der Waals surface area contributed by atoms with Crippen molar-refractivity contribution in [1.82, 2.24) is 9.88 Å². The third-order valence-electron chi connectivity index (χ3n) is 6.31. The van der Waals surface area contributed by atoms with Crippen LogP contribution in [-0.4, -0.2) is 36.6 Å². The molecule has 0 unspecified atom stereocenters. The Morgan fingerprint density at radius 2 is 1.75 bits per heavy atom. The first-order chi connectivity index (χ1) is 13.8. The molecular weight excluding hydrogens is 344 g/mol. The van der Waals surface area contributed by atoms with Crippen LogP contribution in [0.2, 0.25) is 0 Å². The van der Waals surface area contributed by atoms with Crippen molar-refractivity contribution in [3.63, 3.8) is 0 Å². The smallest absolute Gasteiger partial charge is 0.118 e. The number of nitrogens with zero attached hydrogens (tertiary/aromatic N) is 2. The van der Waals surface area contributed by atoms with E-state index in [-0.39, 0.29) is 0 Å². The van der Waals surface area contributed by atoms with Crippen LogP contribution in [0.4, 0.5) is 0 Å². The third-order valence-corrected chi connectivity index (χ3v) is 6.31. The Hall–Kier alpha value is -2.13. The van der Waals surface area contributed by atoms with Crippen molar-refractivity contribution in [2.45, 2.75) is 44.4 Å². The topological polar surface area (TPSA) is 25.4 Å². The van der Waals surface area contributed by atoms with Crippen LogP contribution in [0, 0.1) is 5.92 Å². The molecule has 0 radical (unpaired) electrons. The molecule has 1 fully saturated rings. The van der Waals surface area contributed by atoms with E-state index in [1.807, 2.05) is 12.1 Å². The molecule has 1 aromatic heterocycles. The van der Waals surface area contributed by atoms with Crippen molar-refractivity contribution in [3.8, 4) is 5.75 Å². The maximum Gasteiger partial charge on any atom is 0.118 e. The standard InChI is InChI=1S/C25H32N2O/c1-28-24-10-7-20(8-11-24)17-22-9-12-25(26-18-22)23-13-15-27(16-14-23)19-21-5-3-2-4-6-21/h2-3,7-12,18,21,23H,4-6,13-17,19H2,1H3/t21-/m0/s1. The van der Waals surface area contributed by atoms with E-state index in [9.17, 15) is 0 Å². The zero-order valence-electron chi connectivity index (χ0n) is 17.0. The van der Waals surface area contributed by atoms with E-state index < -0.39 is 0 Å². The average Bonchev–Trinajstić information content (AvgIpc) is 2.76. The van der Waals surface area contributed by atoms with E-state index in [1.54, 1.807) is 7.11 Å². The fraction of sp³-hybridized carbons (Fsp3) is 0.480. The van der Waals surface area contributed by atoms with Crippen LogP contribution in [0.25, 0.3) is 0 Å². The third kappa shape index (κ3) is 5.02. The van der Waals surface area contributed by atoms with Gasteiger partial charge in [0.15, 0.2) is 0 Å². The van der Waals surface area contributed by atoms with E-state index in [0.717, 1.165) is 18.1 Å². The molecule has 28 heavy (non-hydrogen) atoms. The second kappa shape index (κ2) is 9.38. The Morgan fingerprint density at radius 3 is 2.39 bits per heavy atom. The molecule has 3 nitrogen and oxygen atoms in total. The number of pyridine rings is 1. The van der Waals surface area contributed by atoms with E-state index in [0.29, 0.717) is 5.92 Å². The van der Waals surface area contributed by atoms with Crippen LogP contribution >= 0.6 is 0 Å². The van der Waals surface area contributed by atoms with Crippen LogP contribution in [0.1, 0.15) is 54.8 Å². The molecule has 1 saturated heterocycles. The highest BCUT2D eigenvalue weighted by molar-refractivity contribution is 5.31. The number of hydrogen-bond acceptors (Lipinski definition) is 3. The number of hydrogen-bond donors (Lipinski definition) is 0. The predicted molar refractivity (Wildman–Crippen MR) is 115 cm³/mol. The fourth-order valence-corrected chi connectivity index (χ4v) is 4.56. The van der Waals surface area contributed by atoms with Gasteiger partial charge in [-0.1, -0.05) is 30.4 Å². The summed E-state index contributed by atoms with van der Waals surface area (Å²) in [6.07, 6.45) is 14.1. The normalized spacial score (nSPS) is 21.0. The first-order valence-electron chi connectivity index (χ1n) is 10.8. The molecule has 2 aromatic rings. The molecule has 2 aliphatic rings. The second-order valence-electron chi connectivity index (χ2n) is 8.34. The SMILES string of the molecule is COc1ccc(Cc2ccc(C3CCN(C[C@H]4CC=CCC4)CC3)nc2)cc1. The quantitative estimate of drug-likeness (QED) is 0.647. The molecule has 1 aliphatic carbocycles. The summed E-state index contributed by atoms with van der Waals surface area (Å²) >= 11 is 0. The molecule has 0 amide bonds. The molecule has 0 bridgehead atoms. The van der Waals surface area contributed by atoms with Crippen LogP contribution in [0.5, 0.6) is 5.75 Å². The van der Waals surface area contributed by atoms with Gasteiger partial charge in [0.05, 0.1) is 7.11 Å². The first-order valence-corrected chi connectivity index (χ1v) is 10.8. The summed E-state index contributed by atoms with van der Waals surface area (Å²) in [4.78, 5) is 7.50. The molecule has 4 rings (SSSR count). The minimum absolute atomic E-state index is 0.623. The summed E-state index contributed by atoms with van der Waals surface area (Å²) < 4.78 is 5.23. The molecule has 0 saturated carbocycles. The number of benzene rings is 1. The average molecular weight is 377 g/mol. The van der Waals surface area contributed by atoms with Gasteiger partial charge >= 0.3 is 0 Å². The minimum Gasteiger partial charge on any atom is -0.497 e. The molecule has 1 atom stereocenters. The maximum absolute atomic E-state index is 5.23. The largest absolute Gasteiger partial charge is 0.497 e. The van der Waals surface area contributed by atoms with Crippen molar-refractivity contribution in [2.75, 3.05) is 26.7 Å². The number of likely N-dealkylation sites (tertiary alicyclic amines) is 1. The Morgan fingerprint density at radius 1 is 0.964 bits per heavy atom. The van der Waals surface area contributed by atoms with E-state index in [1.165, 1.54) is 68.6 Å². The van der Waals surface area contributed by atoms with Gasteiger partial charge < -0.3 is 9.64 Å². The lowest BCUT2D eigenvalue weighted by atomic mass is 9.90. The van der Waals surface area contributed by atoms with Gasteiger partial charge in [0, 0.05) is 24.4 Å². The van der Waals surface area contributed by atoms with Crippen LogP contribution in [0.3, 0.4) is 0 Å².